The molecule has 3 aromatic rings. The number of halogens is 1. The van der Waals surface area contributed by atoms with Crippen LogP contribution in [-0.4, -0.2) is 4.98 Å². The van der Waals surface area contributed by atoms with Gasteiger partial charge in [-0.3, -0.25) is 4.79 Å². The molecule has 0 radical (unpaired) electrons. The first kappa shape index (κ1) is 13.8. The second-order valence-electron chi connectivity index (χ2n) is 4.47. The van der Waals surface area contributed by atoms with Crippen molar-refractivity contribution in [3.05, 3.63) is 50.9 Å². The molecule has 0 aliphatic carbocycles. The van der Waals surface area contributed by atoms with Crippen LogP contribution < -0.4 is 11.3 Å². The lowest BCUT2D eigenvalue weighted by atomic mass is 9.94. The molecule has 1 aromatic carbocycles. The molecule has 0 unspecified atom stereocenters. The Labute approximate surface area is 127 Å². The van der Waals surface area contributed by atoms with E-state index in [4.69, 9.17) is 5.73 Å². The molecule has 0 atom stereocenters. The number of nitrogens with two attached hydrogens (primary N) is 1. The first-order chi connectivity index (χ1) is 10.6. The average Bonchev–Trinajstić information content (AvgIpc) is 2.95. The Kier molecular flexibility index (Phi) is 3.13. The van der Waals surface area contributed by atoms with Crippen LogP contribution in [0.15, 0.2) is 28.4 Å². The van der Waals surface area contributed by atoms with Gasteiger partial charge in [-0.15, -0.1) is 11.3 Å². The van der Waals surface area contributed by atoms with Gasteiger partial charge in [0.1, 0.15) is 34.9 Å². The molecule has 22 heavy (non-hydrogen) atoms. The Bertz CT molecular complexity index is 1050. The van der Waals surface area contributed by atoms with Gasteiger partial charge in [0.25, 0.3) is 5.56 Å². The van der Waals surface area contributed by atoms with Crippen LogP contribution in [-0.2, 0) is 0 Å². The molecular weight excluding hydrogens is 303 g/mol. The fraction of sp³-hybridized carbons (Fsp3) is 0. The van der Waals surface area contributed by atoms with Crippen LogP contribution in [0.25, 0.3) is 21.2 Å². The van der Waals surface area contributed by atoms with Gasteiger partial charge in [-0.25, -0.2) is 4.39 Å². The monoisotopic (exact) mass is 310 g/mol. The third kappa shape index (κ3) is 1.85. The van der Waals surface area contributed by atoms with Gasteiger partial charge in [0, 0.05) is 21.2 Å². The van der Waals surface area contributed by atoms with Crippen molar-refractivity contribution in [1.82, 2.24) is 4.98 Å². The summed E-state index contributed by atoms with van der Waals surface area (Å²) in [5, 5.41) is 20.8. The molecular formula is C15H7FN4OS. The van der Waals surface area contributed by atoms with E-state index in [1.807, 2.05) is 6.07 Å². The number of hydrogen-bond acceptors (Lipinski definition) is 5. The maximum Gasteiger partial charge on any atom is 0.268 e. The molecule has 2 aromatic heterocycles. The Morgan fingerprint density at radius 2 is 1.86 bits per heavy atom. The number of aromatic nitrogens is 1. The lowest BCUT2D eigenvalue weighted by molar-refractivity contribution is 0.633. The Balaban J connectivity index is 2.60. The molecule has 2 heterocycles. The highest BCUT2D eigenvalue weighted by molar-refractivity contribution is 7.17. The molecule has 0 spiro atoms. The van der Waals surface area contributed by atoms with Crippen molar-refractivity contribution in [1.29, 1.82) is 10.5 Å². The van der Waals surface area contributed by atoms with Gasteiger partial charge in [-0.1, -0.05) is 0 Å². The summed E-state index contributed by atoms with van der Waals surface area (Å²) >= 11 is 1.39. The number of nitrogen functional groups attached to an aromatic ring is 1. The summed E-state index contributed by atoms with van der Waals surface area (Å²) in [5.74, 6) is -0.808. The van der Waals surface area contributed by atoms with Crippen molar-refractivity contribution < 1.29 is 4.39 Å². The van der Waals surface area contributed by atoms with Gasteiger partial charge in [0.05, 0.1) is 0 Å². The van der Waals surface area contributed by atoms with Crippen LogP contribution >= 0.6 is 11.3 Å². The maximum absolute atomic E-state index is 14.4. The number of H-pyrrole nitrogens is 1. The zero-order valence-corrected chi connectivity index (χ0v) is 11.8. The summed E-state index contributed by atoms with van der Waals surface area (Å²) < 4.78 is 15.2. The van der Waals surface area contributed by atoms with E-state index in [0.717, 1.165) is 4.70 Å². The van der Waals surface area contributed by atoms with Crippen LogP contribution in [0.3, 0.4) is 0 Å². The van der Waals surface area contributed by atoms with Crippen molar-refractivity contribution in [3.63, 3.8) is 0 Å². The van der Waals surface area contributed by atoms with Crippen molar-refractivity contribution in [2.75, 3.05) is 5.73 Å². The third-order valence-electron chi connectivity index (χ3n) is 3.30. The lowest BCUT2D eigenvalue weighted by Crippen LogP contribution is -2.16. The lowest BCUT2D eigenvalue weighted by Gasteiger charge is -2.11. The van der Waals surface area contributed by atoms with Gasteiger partial charge >= 0.3 is 0 Å². The molecule has 106 valence electrons. The maximum atomic E-state index is 14.4. The van der Waals surface area contributed by atoms with E-state index in [1.165, 1.54) is 17.4 Å². The number of nitrogens with zero attached hydrogens (tertiary/aromatic N) is 2. The van der Waals surface area contributed by atoms with Gasteiger partial charge in [0.2, 0.25) is 0 Å². The third-order valence-corrected chi connectivity index (χ3v) is 4.18. The highest BCUT2D eigenvalue weighted by Gasteiger charge is 2.22. The largest absolute Gasteiger partial charge is 0.384 e. The first-order valence-electron chi connectivity index (χ1n) is 6.10. The predicted octanol–water partition coefficient (Wildman–Crippen LogP) is 2.72. The number of fused-ring (bicyclic) bond motifs is 1. The molecule has 0 fully saturated rings. The van der Waals surface area contributed by atoms with E-state index in [1.54, 1.807) is 23.6 Å². The Hall–Kier alpha value is -3.16. The van der Waals surface area contributed by atoms with Crippen LogP contribution in [0, 0.1) is 28.5 Å². The summed E-state index contributed by atoms with van der Waals surface area (Å²) in [5.41, 5.74) is 4.44. The van der Waals surface area contributed by atoms with E-state index in [2.05, 4.69) is 4.98 Å². The normalized spacial score (nSPS) is 10.3. The molecule has 0 aliphatic heterocycles. The molecule has 0 aliphatic rings. The molecule has 3 rings (SSSR count). The minimum atomic E-state index is -0.749. The second-order valence-corrected chi connectivity index (χ2v) is 5.42. The summed E-state index contributed by atoms with van der Waals surface area (Å²) in [4.78, 5) is 14.2. The van der Waals surface area contributed by atoms with Crippen LogP contribution in [0.2, 0.25) is 0 Å². The highest BCUT2D eigenvalue weighted by atomic mass is 32.1. The molecule has 0 saturated carbocycles. The number of thiophene rings is 1. The quantitative estimate of drug-likeness (QED) is 0.720. The number of nitriles is 2. The first-order valence-corrected chi connectivity index (χ1v) is 6.98. The van der Waals surface area contributed by atoms with Gasteiger partial charge < -0.3 is 10.7 Å². The summed E-state index contributed by atoms with van der Waals surface area (Å²) in [7, 11) is 0. The van der Waals surface area contributed by atoms with Gasteiger partial charge in [-0.05, 0) is 23.6 Å². The molecule has 0 saturated heterocycles. The van der Waals surface area contributed by atoms with Crippen LogP contribution in [0.1, 0.15) is 11.1 Å². The fourth-order valence-corrected chi connectivity index (χ4v) is 3.16. The molecule has 7 heteroatoms. The van der Waals surface area contributed by atoms with Crippen molar-refractivity contribution in [3.8, 4) is 23.3 Å². The van der Waals surface area contributed by atoms with Gasteiger partial charge in [-0.2, -0.15) is 10.5 Å². The second kappa shape index (κ2) is 4.99. The van der Waals surface area contributed by atoms with Crippen LogP contribution in [0.4, 0.5) is 10.2 Å². The van der Waals surface area contributed by atoms with Crippen molar-refractivity contribution in [2.24, 2.45) is 0 Å². The number of nitrogens with one attached hydrogen (secondary N) is 1. The van der Waals surface area contributed by atoms with Crippen molar-refractivity contribution in [2.45, 2.75) is 0 Å². The summed E-state index contributed by atoms with van der Waals surface area (Å²) in [6.07, 6.45) is 0. The number of benzene rings is 1. The van der Waals surface area contributed by atoms with E-state index in [0.29, 0.717) is 5.39 Å². The number of hydrogen-bond donors (Lipinski definition) is 2. The number of rotatable bonds is 1. The van der Waals surface area contributed by atoms with Crippen molar-refractivity contribution >= 4 is 27.2 Å². The van der Waals surface area contributed by atoms with E-state index < -0.39 is 11.4 Å². The average molecular weight is 310 g/mol. The van der Waals surface area contributed by atoms with Crippen LogP contribution in [0.5, 0.6) is 0 Å². The predicted molar refractivity (Wildman–Crippen MR) is 81.7 cm³/mol. The smallest absolute Gasteiger partial charge is 0.268 e. The number of aromatic amines is 1. The highest BCUT2D eigenvalue weighted by Crippen LogP contribution is 2.37. The number of anilines is 1. The zero-order valence-electron chi connectivity index (χ0n) is 11.0. The molecule has 0 amide bonds. The zero-order chi connectivity index (χ0) is 15.9. The molecule has 5 nitrogen and oxygen atoms in total. The van der Waals surface area contributed by atoms with E-state index in [-0.39, 0.29) is 28.1 Å². The topological polar surface area (TPSA) is 106 Å². The minimum absolute atomic E-state index is 0.0460. The number of pyridine rings is 1. The SMILES string of the molecule is N#Cc1c(N)[nH]c(=O)c(C#N)c1-c1c(F)ccc2sccc12. The van der Waals surface area contributed by atoms with Gasteiger partial charge in [0.15, 0.2) is 0 Å². The summed E-state index contributed by atoms with van der Waals surface area (Å²) in [6.45, 7) is 0. The molecule has 3 N–H and O–H groups in total. The van der Waals surface area contributed by atoms with E-state index >= 15 is 0 Å². The Morgan fingerprint density at radius 3 is 2.55 bits per heavy atom. The Morgan fingerprint density at radius 1 is 1.14 bits per heavy atom. The molecule has 0 bridgehead atoms. The standard InChI is InChI=1S/C15H7FN4OS/c16-10-1-2-11-7(3-4-22-11)13(10)12-8(5-17)14(19)20-15(21)9(12)6-18/h1-4H,(H3,19,20,21). The van der Waals surface area contributed by atoms with E-state index in [9.17, 15) is 19.7 Å². The fourth-order valence-electron chi connectivity index (χ4n) is 2.36. The minimum Gasteiger partial charge on any atom is -0.384 e. The summed E-state index contributed by atoms with van der Waals surface area (Å²) in [6, 6.07) is 8.10.